The Labute approximate surface area is 102 Å². The third-order valence-electron chi connectivity index (χ3n) is 1.39. The van der Waals surface area contributed by atoms with Crippen molar-refractivity contribution in [3.8, 4) is 6.07 Å². The van der Waals surface area contributed by atoms with Gasteiger partial charge in [0.25, 0.3) is 5.91 Å². The van der Waals surface area contributed by atoms with E-state index in [2.05, 4.69) is 37.2 Å². The van der Waals surface area contributed by atoms with E-state index in [4.69, 9.17) is 5.26 Å². The van der Waals surface area contributed by atoms with Crippen LogP contribution in [0.4, 0.5) is 0 Å². The molecule has 0 saturated heterocycles. The van der Waals surface area contributed by atoms with Crippen molar-refractivity contribution in [2.45, 2.75) is 6.42 Å². The average molecular weight is 338 g/mol. The smallest absolute Gasteiger partial charge is 0.261 e. The molecule has 1 amide bonds. The third-order valence-corrected chi connectivity index (χ3v) is 4.65. The van der Waals surface area contributed by atoms with Crippen LogP contribution in [0.2, 0.25) is 0 Å². The van der Waals surface area contributed by atoms with E-state index in [1.807, 2.05) is 6.07 Å². The van der Waals surface area contributed by atoms with Gasteiger partial charge in [0, 0.05) is 11.0 Å². The first kappa shape index (κ1) is 11.7. The van der Waals surface area contributed by atoms with Crippen LogP contribution >= 0.6 is 43.2 Å². The molecule has 0 aliphatic rings. The Balaban J connectivity index is 2.57. The van der Waals surface area contributed by atoms with E-state index >= 15 is 0 Å². The summed E-state index contributed by atoms with van der Waals surface area (Å²) >= 11 is 7.96. The molecule has 1 N–H and O–H groups in total. The molecule has 0 aliphatic heterocycles. The first-order chi connectivity index (χ1) is 6.65. The predicted molar refractivity (Wildman–Crippen MR) is 62.3 cm³/mol. The van der Waals surface area contributed by atoms with Crippen molar-refractivity contribution in [2.75, 3.05) is 6.54 Å². The highest BCUT2D eigenvalue weighted by atomic mass is 79.9. The molecule has 74 valence electrons. The maximum atomic E-state index is 11.4. The highest BCUT2D eigenvalue weighted by Gasteiger charge is 2.10. The zero-order valence-electron chi connectivity index (χ0n) is 7.01. The number of hydrogen-bond acceptors (Lipinski definition) is 3. The number of carbonyl (C=O) groups is 1. The number of hydrogen-bond donors (Lipinski definition) is 1. The topological polar surface area (TPSA) is 52.9 Å². The van der Waals surface area contributed by atoms with Gasteiger partial charge in [0.1, 0.15) is 0 Å². The minimum absolute atomic E-state index is 0.142. The summed E-state index contributed by atoms with van der Waals surface area (Å²) in [6.07, 6.45) is 0.333. The van der Waals surface area contributed by atoms with Gasteiger partial charge in [-0.25, -0.2) is 0 Å². The Morgan fingerprint density at radius 1 is 1.64 bits per heavy atom. The van der Waals surface area contributed by atoms with Crippen molar-refractivity contribution in [2.24, 2.45) is 0 Å². The number of halogens is 2. The van der Waals surface area contributed by atoms with Gasteiger partial charge in [0.15, 0.2) is 0 Å². The molecule has 1 aromatic heterocycles. The zero-order valence-corrected chi connectivity index (χ0v) is 11.0. The minimum Gasteiger partial charge on any atom is -0.350 e. The van der Waals surface area contributed by atoms with Crippen LogP contribution in [-0.4, -0.2) is 12.5 Å². The fraction of sp³-hybridized carbons (Fsp3) is 0.250. The largest absolute Gasteiger partial charge is 0.350 e. The van der Waals surface area contributed by atoms with Crippen molar-refractivity contribution in [3.63, 3.8) is 0 Å². The van der Waals surface area contributed by atoms with Gasteiger partial charge in [0.05, 0.1) is 21.2 Å². The molecule has 14 heavy (non-hydrogen) atoms. The number of carbonyl (C=O) groups excluding carboxylic acids is 1. The zero-order chi connectivity index (χ0) is 10.6. The molecule has 1 rings (SSSR count). The van der Waals surface area contributed by atoms with E-state index in [9.17, 15) is 4.79 Å². The van der Waals surface area contributed by atoms with Crippen molar-refractivity contribution in [1.82, 2.24) is 5.32 Å². The van der Waals surface area contributed by atoms with Crippen molar-refractivity contribution < 1.29 is 4.79 Å². The van der Waals surface area contributed by atoms with Crippen LogP contribution in [0.1, 0.15) is 16.1 Å². The van der Waals surface area contributed by atoms with Crippen LogP contribution in [0.5, 0.6) is 0 Å². The van der Waals surface area contributed by atoms with Gasteiger partial charge >= 0.3 is 0 Å². The lowest BCUT2D eigenvalue weighted by Crippen LogP contribution is -2.23. The molecule has 3 nitrogen and oxygen atoms in total. The van der Waals surface area contributed by atoms with Gasteiger partial charge in [-0.2, -0.15) is 5.26 Å². The van der Waals surface area contributed by atoms with E-state index in [0.29, 0.717) is 17.8 Å². The second kappa shape index (κ2) is 5.49. The van der Waals surface area contributed by atoms with E-state index in [1.165, 1.54) is 11.3 Å². The number of nitrogens with one attached hydrogen (secondary N) is 1. The SMILES string of the molecule is N#CCCNC(=O)c1cc(Br)c(Br)s1. The van der Waals surface area contributed by atoms with Crippen molar-refractivity contribution in [3.05, 3.63) is 19.2 Å². The Bertz CT molecular complexity index is 364. The van der Waals surface area contributed by atoms with E-state index in [0.717, 1.165) is 8.26 Å². The number of amides is 1. The first-order valence-electron chi connectivity index (χ1n) is 3.75. The summed E-state index contributed by atoms with van der Waals surface area (Å²) in [4.78, 5) is 12.1. The van der Waals surface area contributed by atoms with Gasteiger partial charge < -0.3 is 5.32 Å². The lowest BCUT2D eigenvalue weighted by Gasteiger charge is -1.97. The Morgan fingerprint density at radius 3 is 2.86 bits per heavy atom. The maximum Gasteiger partial charge on any atom is 0.261 e. The van der Waals surface area contributed by atoms with Crippen molar-refractivity contribution >= 4 is 49.1 Å². The number of rotatable bonds is 3. The summed E-state index contributed by atoms with van der Waals surface area (Å²) < 4.78 is 1.76. The molecule has 0 spiro atoms. The molecule has 0 aliphatic carbocycles. The van der Waals surface area contributed by atoms with Crippen LogP contribution in [-0.2, 0) is 0 Å². The highest BCUT2D eigenvalue weighted by molar-refractivity contribution is 9.13. The van der Waals surface area contributed by atoms with Gasteiger partial charge in [-0.3, -0.25) is 4.79 Å². The second-order valence-corrected chi connectivity index (χ2v) is 5.62. The molecule has 0 radical (unpaired) electrons. The third kappa shape index (κ3) is 3.08. The van der Waals surface area contributed by atoms with Crippen LogP contribution in [0.15, 0.2) is 14.3 Å². The molecule has 1 heterocycles. The molecule has 0 unspecified atom stereocenters. The van der Waals surface area contributed by atoms with Gasteiger partial charge in [0.2, 0.25) is 0 Å². The highest BCUT2D eigenvalue weighted by Crippen LogP contribution is 2.32. The molecular weight excluding hydrogens is 332 g/mol. The Hall–Kier alpha value is -0.380. The Kier molecular flexibility index (Phi) is 4.58. The summed E-state index contributed by atoms with van der Waals surface area (Å²) in [5, 5.41) is 10.9. The molecule has 1 aromatic rings. The monoisotopic (exact) mass is 336 g/mol. The normalized spacial score (nSPS) is 9.50. The number of thiophene rings is 1. The van der Waals surface area contributed by atoms with Gasteiger partial charge in [-0.1, -0.05) is 0 Å². The quantitative estimate of drug-likeness (QED) is 0.862. The van der Waals surface area contributed by atoms with Crippen LogP contribution in [0.3, 0.4) is 0 Å². The van der Waals surface area contributed by atoms with E-state index in [-0.39, 0.29) is 5.91 Å². The lowest BCUT2D eigenvalue weighted by atomic mass is 10.4. The van der Waals surface area contributed by atoms with E-state index < -0.39 is 0 Å². The standard InChI is InChI=1S/C8H6Br2N2OS/c9-5-4-6(14-7(5)10)8(13)12-3-1-2-11/h4H,1,3H2,(H,12,13). The summed E-state index contributed by atoms with van der Waals surface area (Å²) in [6, 6.07) is 3.71. The number of nitriles is 1. The van der Waals surface area contributed by atoms with E-state index in [1.54, 1.807) is 6.07 Å². The Morgan fingerprint density at radius 2 is 2.36 bits per heavy atom. The van der Waals surface area contributed by atoms with Crippen LogP contribution in [0, 0.1) is 11.3 Å². The van der Waals surface area contributed by atoms with Crippen LogP contribution < -0.4 is 5.32 Å². The summed E-state index contributed by atoms with van der Waals surface area (Å²) in [5.74, 6) is -0.142. The minimum atomic E-state index is -0.142. The lowest BCUT2D eigenvalue weighted by molar-refractivity contribution is 0.0958. The molecular formula is C8H6Br2N2OS. The van der Waals surface area contributed by atoms with Gasteiger partial charge in [-0.05, 0) is 37.9 Å². The van der Waals surface area contributed by atoms with Gasteiger partial charge in [-0.15, -0.1) is 11.3 Å². The molecule has 0 saturated carbocycles. The summed E-state index contributed by atoms with van der Waals surface area (Å²) in [5.41, 5.74) is 0. The predicted octanol–water partition coefficient (Wildman–Crippen LogP) is 2.92. The summed E-state index contributed by atoms with van der Waals surface area (Å²) in [7, 11) is 0. The molecule has 6 heteroatoms. The fourth-order valence-corrected chi connectivity index (χ4v) is 2.73. The maximum absolute atomic E-state index is 11.4. The molecule has 0 atom stereocenters. The van der Waals surface area contributed by atoms with Crippen LogP contribution in [0.25, 0.3) is 0 Å². The number of nitrogens with zero attached hydrogens (tertiary/aromatic N) is 1. The average Bonchev–Trinajstić information content (AvgIpc) is 2.47. The summed E-state index contributed by atoms with van der Waals surface area (Å²) in [6.45, 7) is 0.391. The molecule has 0 aromatic carbocycles. The molecule has 0 bridgehead atoms. The second-order valence-electron chi connectivity index (χ2n) is 2.40. The first-order valence-corrected chi connectivity index (χ1v) is 6.15. The fourth-order valence-electron chi connectivity index (χ4n) is 0.778. The van der Waals surface area contributed by atoms with Crippen molar-refractivity contribution in [1.29, 1.82) is 5.26 Å². The molecule has 0 fully saturated rings.